The van der Waals surface area contributed by atoms with E-state index in [0.29, 0.717) is 5.76 Å². The summed E-state index contributed by atoms with van der Waals surface area (Å²) in [6.45, 7) is 4.08. The fourth-order valence-electron chi connectivity index (χ4n) is 1.21. The number of furan rings is 1. The average molecular weight is 181 g/mol. The maximum atomic E-state index is 11.4. The fourth-order valence-corrected chi connectivity index (χ4v) is 1.21. The van der Waals surface area contributed by atoms with Crippen LogP contribution in [-0.2, 0) is 0 Å². The van der Waals surface area contributed by atoms with Crippen LogP contribution in [0, 0.1) is 0 Å². The van der Waals surface area contributed by atoms with E-state index in [-0.39, 0.29) is 11.9 Å². The van der Waals surface area contributed by atoms with E-state index in [4.69, 9.17) is 4.42 Å². The highest BCUT2D eigenvalue weighted by atomic mass is 16.3. The lowest BCUT2D eigenvalue weighted by Gasteiger charge is -2.10. The van der Waals surface area contributed by atoms with Crippen molar-refractivity contribution in [1.82, 2.24) is 5.32 Å². The van der Waals surface area contributed by atoms with E-state index in [2.05, 4.69) is 12.2 Å². The quantitative estimate of drug-likeness (QED) is 0.773. The summed E-state index contributed by atoms with van der Waals surface area (Å²) in [7, 11) is 0. The maximum absolute atomic E-state index is 11.4. The summed E-state index contributed by atoms with van der Waals surface area (Å²) in [6, 6.07) is 3.58. The van der Waals surface area contributed by atoms with E-state index in [1.54, 1.807) is 12.1 Å². The second-order valence-electron chi connectivity index (χ2n) is 3.14. The Labute approximate surface area is 78.1 Å². The summed E-state index contributed by atoms with van der Waals surface area (Å²) < 4.78 is 4.96. The maximum Gasteiger partial charge on any atom is 0.287 e. The van der Waals surface area contributed by atoms with E-state index in [1.165, 1.54) is 6.26 Å². The highest BCUT2D eigenvalue weighted by Crippen LogP contribution is 2.01. The molecule has 1 amide bonds. The van der Waals surface area contributed by atoms with Crippen LogP contribution in [0.1, 0.15) is 37.2 Å². The molecule has 0 radical (unpaired) electrons. The molecule has 1 atom stereocenters. The molecule has 0 saturated heterocycles. The largest absolute Gasteiger partial charge is 0.459 e. The second-order valence-corrected chi connectivity index (χ2v) is 3.14. The Bertz CT molecular complexity index is 254. The van der Waals surface area contributed by atoms with Crippen LogP contribution in [0.25, 0.3) is 0 Å². The van der Waals surface area contributed by atoms with Gasteiger partial charge in [0.15, 0.2) is 5.76 Å². The van der Waals surface area contributed by atoms with Crippen molar-refractivity contribution >= 4 is 5.91 Å². The first-order chi connectivity index (χ1) is 6.24. The number of hydrogen-bond acceptors (Lipinski definition) is 2. The number of carbonyl (C=O) groups excluding carboxylic acids is 1. The van der Waals surface area contributed by atoms with Crippen molar-refractivity contribution < 1.29 is 9.21 Å². The van der Waals surface area contributed by atoms with Gasteiger partial charge in [-0.2, -0.15) is 0 Å². The van der Waals surface area contributed by atoms with Gasteiger partial charge < -0.3 is 9.73 Å². The Morgan fingerprint density at radius 3 is 3.00 bits per heavy atom. The van der Waals surface area contributed by atoms with Gasteiger partial charge in [-0.05, 0) is 25.5 Å². The predicted molar refractivity (Wildman–Crippen MR) is 50.5 cm³/mol. The Morgan fingerprint density at radius 1 is 1.69 bits per heavy atom. The first-order valence-electron chi connectivity index (χ1n) is 4.58. The third kappa shape index (κ3) is 2.93. The first kappa shape index (κ1) is 9.84. The summed E-state index contributed by atoms with van der Waals surface area (Å²) in [5, 5.41) is 2.85. The number of rotatable bonds is 4. The summed E-state index contributed by atoms with van der Waals surface area (Å²) in [5.74, 6) is 0.244. The SMILES string of the molecule is CCC[C@H](C)NC(=O)c1ccco1. The number of carbonyl (C=O) groups is 1. The number of amides is 1. The molecule has 3 heteroatoms. The van der Waals surface area contributed by atoms with Gasteiger partial charge in [0.1, 0.15) is 0 Å². The van der Waals surface area contributed by atoms with Crippen molar-refractivity contribution in [1.29, 1.82) is 0 Å². The molecule has 1 heterocycles. The van der Waals surface area contributed by atoms with Gasteiger partial charge in [0.05, 0.1) is 6.26 Å². The van der Waals surface area contributed by atoms with E-state index in [1.807, 2.05) is 6.92 Å². The lowest BCUT2D eigenvalue weighted by molar-refractivity contribution is 0.0910. The minimum atomic E-state index is -0.133. The topological polar surface area (TPSA) is 42.2 Å². The van der Waals surface area contributed by atoms with Crippen LogP contribution in [0.5, 0.6) is 0 Å². The van der Waals surface area contributed by atoms with Gasteiger partial charge in [0.25, 0.3) is 5.91 Å². The molecular formula is C10H15NO2. The van der Waals surface area contributed by atoms with Crippen LogP contribution >= 0.6 is 0 Å². The monoisotopic (exact) mass is 181 g/mol. The summed E-state index contributed by atoms with van der Waals surface area (Å²) in [5.41, 5.74) is 0. The molecule has 13 heavy (non-hydrogen) atoms. The molecule has 1 aromatic heterocycles. The molecule has 72 valence electrons. The predicted octanol–water partition coefficient (Wildman–Crippen LogP) is 2.20. The van der Waals surface area contributed by atoms with Crippen molar-refractivity contribution in [3.8, 4) is 0 Å². The van der Waals surface area contributed by atoms with Gasteiger partial charge in [-0.3, -0.25) is 4.79 Å². The molecule has 1 N–H and O–H groups in total. The van der Waals surface area contributed by atoms with Gasteiger partial charge in [-0.15, -0.1) is 0 Å². The Hall–Kier alpha value is -1.25. The highest BCUT2D eigenvalue weighted by Gasteiger charge is 2.10. The highest BCUT2D eigenvalue weighted by molar-refractivity contribution is 5.91. The lowest BCUT2D eigenvalue weighted by Crippen LogP contribution is -2.32. The van der Waals surface area contributed by atoms with Crippen molar-refractivity contribution in [2.75, 3.05) is 0 Å². The van der Waals surface area contributed by atoms with Gasteiger partial charge in [0, 0.05) is 6.04 Å². The molecule has 0 saturated carbocycles. The molecule has 0 aromatic carbocycles. The van der Waals surface area contributed by atoms with Crippen molar-refractivity contribution in [3.63, 3.8) is 0 Å². The molecule has 0 spiro atoms. The van der Waals surface area contributed by atoms with Crippen molar-refractivity contribution in [2.24, 2.45) is 0 Å². The molecule has 3 nitrogen and oxygen atoms in total. The van der Waals surface area contributed by atoms with Crippen LogP contribution in [-0.4, -0.2) is 11.9 Å². The summed E-state index contributed by atoms with van der Waals surface area (Å²) in [4.78, 5) is 11.4. The number of nitrogens with one attached hydrogen (secondary N) is 1. The van der Waals surface area contributed by atoms with Gasteiger partial charge >= 0.3 is 0 Å². The van der Waals surface area contributed by atoms with Gasteiger partial charge in [-0.25, -0.2) is 0 Å². The molecule has 0 unspecified atom stereocenters. The third-order valence-corrected chi connectivity index (χ3v) is 1.84. The molecular weight excluding hydrogens is 166 g/mol. The average Bonchev–Trinajstić information content (AvgIpc) is 2.55. The van der Waals surface area contributed by atoms with E-state index in [0.717, 1.165) is 12.8 Å². The minimum Gasteiger partial charge on any atom is -0.459 e. The van der Waals surface area contributed by atoms with Gasteiger partial charge in [0.2, 0.25) is 0 Å². The van der Waals surface area contributed by atoms with Crippen LogP contribution in [0.15, 0.2) is 22.8 Å². The summed E-state index contributed by atoms with van der Waals surface area (Å²) >= 11 is 0. The van der Waals surface area contributed by atoms with Crippen molar-refractivity contribution in [2.45, 2.75) is 32.7 Å². The Kier molecular flexibility index (Phi) is 3.55. The zero-order valence-corrected chi connectivity index (χ0v) is 8.04. The molecule has 0 aliphatic carbocycles. The van der Waals surface area contributed by atoms with E-state index < -0.39 is 0 Å². The molecule has 1 aromatic rings. The fraction of sp³-hybridized carbons (Fsp3) is 0.500. The van der Waals surface area contributed by atoms with Crippen LogP contribution < -0.4 is 5.32 Å². The van der Waals surface area contributed by atoms with E-state index in [9.17, 15) is 4.79 Å². The molecule has 0 aliphatic rings. The second kappa shape index (κ2) is 4.70. The van der Waals surface area contributed by atoms with Crippen molar-refractivity contribution in [3.05, 3.63) is 24.2 Å². The molecule has 0 bridgehead atoms. The van der Waals surface area contributed by atoms with Crippen LogP contribution in [0.2, 0.25) is 0 Å². The molecule has 1 rings (SSSR count). The normalized spacial score (nSPS) is 12.5. The standard InChI is InChI=1S/C10H15NO2/c1-3-5-8(2)11-10(12)9-6-4-7-13-9/h4,6-8H,3,5H2,1-2H3,(H,11,12)/t8-/m0/s1. The Morgan fingerprint density at radius 2 is 2.46 bits per heavy atom. The molecule has 0 fully saturated rings. The Balaban J connectivity index is 2.42. The van der Waals surface area contributed by atoms with Crippen LogP contribution in [0.4, 0.5) is 0 Å². The summed E-state index contributed by atoms with van der Waals surface area (Å²) in [6.07, 6.45) is 3.56. The van der Waals surface area contributed by atoms with E-state index >= 15 is 0 Å². The lowest BCUT2D eigenvalue weighted by atomic mass is 10.2. The van der Waals surface area contributed by atoms with Crippen LogP contribution in [0.3, 0.4) is 0 Å². The minimum absolute atomic E-state index is 0.133. The smallest absolute Gasteiger partial charge is 0.287 e. The third-order valence-electron chi connectivity index (χ3n) is 1.84. The number of hydrogen-bond donors (Lipinski definition) is 1. The molecule has 0 aliphatic heterocycles. The van der Waals surface area contributed by atoms with Gasteiger partial charge in [-0.1, -0.05) is 13.3 Å². The zero-order valence-electron chi connectivity index (χ0n) is 8.04. The zero-order chi connectivity index (χ0) is 9.68. The first-order valence-corrected chi connectivity index (χ1v) is 4.58.